The van der Waals surface area contributed by atoms with E-state index >= 15 is 0 Å². The highest BCUT2D eigenvalue weighted by Crippen LogP contribution is 2.16. The van der Waals surface area contributed by atoms with Crippen molar-refractivity contribution >= 4 is 23.2 Å². The van der Waals surface area contributed by atoms with Gasteiger partial charge in [-0.2, -0.15) is 26.3 Å². The van der Waals surface area contributed by atoms with Gasteiger partial charge in [-0.15, -0.1) is 0 Å². The molecule has 0 saturated carbocycles. The van der Waals surface area contributed by atoms with Crippen LogP contribution in [0.25, 0.3) is 0 Å². The van der Waals surface area contributed by atoms with E-state index in [9.17, 15) is 5.11 Å². The molecule has 0 bridgehead atoms. The molecule has 0 amide bonds. The summed E-state index contributed by atoms with van der Waals surface area (Å²) in [5, 5.41) is 16.5. The number of thiophene rings is 1. The van der Waals surface area contributed by atoms with E-state index in [1.54, 1.807) is 0 Å². The molecule has 0 fully saturated rings. The summed E-state index contributed by atoms with van der Waals surface area (Å²) in [4.78, 5) is 11.6. The molecule has 0 aliphatic heterocycles. The second-order valence-electron chi connectivity index (χ2n) is 3.46. The van der Waals surface area contributed by atoms with Gasteiger partial charge in [0.05, 0.1) is 13.2 Å². The van der Waals surface area contributed by atoms with E-state index in [0.29, 0.717) is 0 Å². The summed E-state index contributed by atoms with van der Waals surface area (Å²) in [5.74, 6) is 0.336. The van der Waals surface area contributed by atoms with Gasteiger partial charge in [0.25, 0.3) is 0 Å². The Balaban J connectivity index is 1.99. The first-order chi connectivity index (χ1) is 8.69. The normalized spacial score (nSPS) is 12.1. The third-order valence-electron chi connectivity index (χ3n) is 2.20. The standard InChI is InChI=1S/C10H13N5O2S/c1-17-10-14-8(11)13-9(15-10)12-4-7(16)6-2-3-18-5-6/h2-3,5,7,16H,4H2,1H3,(H3,11,12,13,14,15). The van der Waals surface area contributed by atoms with E-state index in [-0.39, 0.29) is 24.5 Å². The van der Waals surface area contributed by atoms with Crippen molar-refractivity contribution in [3.63, 3.8) is 0 Å². The van der Waals surface area contributed by atoms with Crippen LogP contribution in [0.3, 0.4) is 0 Å². The molecule has 96 valence electrons. The highest BCUT2D eigenvalue weighted by Gasteiger charge is 2.09. The number of aliphatic hydroxyl groups is 1. The second kappa shape index (κ2) is 5.61. The third-order valence-corrected chi connectivity index (χ3v) is 2.90. The minimum absolute atomic E-state index is 0.0642. The number of hydrogen-bond acceptors (Lipinski definition) is 8. The minimum atomic E-state index is -0.625. The molecule has 4 N–H and O–H groups in total. The Kier molecular flexibility index (Phi) is 3.90. The molecule has 0 aliphatic carbocycles. The van der Waals surface area contributed by atoms with Crippen molar-refractivity contribution in [2.75, 3.05) is 24.7 Å². The van der Waals surface area contributed by atoms with Gasteiger partial charge in [-0.1, -0.05) is 0 Å². The molecule has 1 unspecified atom stereocenters. The van der Waals surface area contributed by atoms with E-state index in [1.165, 1.54) is 18.4 Å². The number of aromatic nitrogens is 3. The van der Waals surface area contributed by atoms with Crippen LogP contribution in [-0.2, 0) is 0 Å². The predicted molar refractivity (Wildman–Crippen MR) is 68.6 cm³/mol. The summed E-state index contributed by atoms with van der Waals surface area (Å²) >= 11 is 1.53. The van der Waals surface area contributed by atoms with E-state index in [1.807, 2.05) is 16.8 Å². The summed E-state index contributed by atoms with van der Waals surface area (Å²) in [5.41, 5.74) is 6.34. The van der Waals surface area contributed by atoms with Crippen LogP contribution in [0.4, 0.5) is 11.9 Å². The summed E-state index contributed by atoms with van der Waals surface area (Å²) < 4.78 is 4.87. The van der Waals surface area contributed by atoms with E-state index in [2.05, 4.69) is 20.3 Å². The summed E-state index contributed by atoms with van der Waals surface area (Å²) in [6.07, 6.45) is -0.625. The highest BCUT2D eigenvalue weighted by atomic mass is 32.1. The molecular formula is C10H13N5O2S. The lowest BCUT2D eigenvalue weighted by atomic mass is 10.2. The first kappa shape index (κ1) is 12.5. The quantitative estimate of drug-likeness (QED) is 0.731. The maximum Gasteiger partial charge on any atom is 0.322 e. The zero-order chi connectivity index (χ0) is 13.0. The number of hydrogen-bond donors (Lipinski definition) is 3. The van der Waals surface area contributed by atoms with Crippen LogP contribution >= 0.6 is 11.3 Å². The SMILES string of the molecule is COc1nc(N)nc(NCC(O)c2ccsc2)n1. The van der Waals surface area contributed by atoms with Crippen LogP contribution in [0.1, 0.15) is 11.7 Å². The molecule has 2 aromatic rings. The third kappa shape index (κ3) is 3.05. The Bertz CT molecular complexity index is 505. The Labute approximate surface area is 108 Å². The fourth-order valence-corrected chi connectivity index (χ4v) is 2.02. The second-order valence-corrected chi connectivity index (χ2v) is 4.24. The number of nitrogen functional groups attached to an aromatic ring is 1. The van der Waals surface area contributed by atoms with E-state index < -0.39 is 6.10 Å². The zero-order valence-electron chi connectivity index (χ0n) is 9.70. The number of aliphatic hydroxyl groups excluding tert-OH is 1. The van der Waals surface area contributed by atoms with Gasteiger partial charge in [-0.25, -0.2) is 0 Å². The van der Waals surface area contributed by atoms with Crippen LogP contribution in [0.15, 0.2) is 16.8 Å². The predicted octanol–water partition coefficient (Wildman–Crippen LogP) is 0.669. The summed E-state index contributed by atoms with van der Waals surface area (Å²) in [6.45, 7) is 0.281. The molecule has 7 nitrogen and oxygen atoms in total. The van der Waals surface area contributed by atoms with Crippen LogP contribution in [-0.4, -0.2) is 33.7 Å². The molecule has 8 heteroatoms. The van der Waals surface area contributed by atoms with E-state index in [4.69, 9.17) is 10.5 Å². The maximum absolute atomic E-state index is 9.88. The molecule has 0 aromatic carbocycles. The molecular weight excluding hydrogens is 254 g/mol. The molecule has 0 saturated heterocycles. The number of ether oxygens (including phenoxy) is 1. The molecule has 0 aliphatic rings. The van der Waals surface area contributed by atoms with Gasteiger partial charge in [0.1, 0.15) is 0 Å². The van der Waals surface area contributed by atoms with Crippen molar-refractivity contribution in [2.45, 2.75) is 6.10 Å². The largest absolute Gasteiger partial charge is 0.467 e. The number of nitrogens with zero attached hydrogens (tertiary/aromatic N) is 3. The van der Waals surface area contributed by atoms with Crippen LogP contribution in [0.2, 0.25) is 0 Å². The molecule has 0 radical (unpaired) electrons. The van der Waals surface area contributed by atoms with Gasteiger partial charge in [0, 0.05) is 6.54 Å². The van der Waals surface area contributed by atoms with Gasteiger partial charge in [0.2, 0.25) is 11.9 Å². The summed E-state index contributed by atoms with van der Waals surface area (Å²) in [7, 11) is 1.44. The molecule has 2 aromatic heterocycles. The first-order valence-electron chi connectivity index (χ1n) is 5.18. The van der Waals surface area contributed by atoms with Crippen molar-refractivity contribution in [1.82, 2.24) is 15.0 Å². The van der Waals surface area contributed by atoms with E-state index in [0.717, 1.165) is 5.56 Å². The number of nitrogens with two attached hydrogens (primary N) is 1. The van der Waals surface area contributed by atoms with Crippen molar-refractivity contribution in [3.8, 4) is 6.01 Å². The fourth-order valence-electron chi connectivity index (χ4n) is 1.31. The number of methoxy groups -OCH3 is 1. The van der Waals surface area contributed by atoms with Gasteiger partial charge in [0.15, 0.2) is 0 Å². The Morgan fingerprint density at radius 1 is 1.50 bits per heavy atom. The van der Waals surface area contributed by atoms with Gasteiger partial charge in [-0.05, 0) is 22.4 Å². The zero-order valence-corrected chi connectivity index (χ0v) is 10.5. The molecule has 0 spiro atoms. The van der Waals surface area contributed by atoms with Crippen molar-refractivity contribution in [1.29, 1.82) is 0 Å². The number of rotatable bonds is 5. The monoisotopic (exact) mass is 267 g/mol. The van der Waals surface area contributed by atoms with Crippen molar-refractivity contribution in [2.24, 2.45) is 0 Å². The average Bonchev–Trinajstić information content (AvgIpc) is 2.89. The lowest BCUT2D eigenvalue weighted by Crippen LogP contribution is -2.14. The van der Waals surface area contributed by atoms with Crippen LogP contribution < -0.4 is 15.8 Å². The maximum atomic E-state index is 9.88. The number of anilines is 2. The Hall–Kier alpha value is -1.93. The molecule has 2 heterocycles. The average molecular weight is 267 g/mol. The van der Waals surface area contributed by atoms with Gasteiger partial charge >= 0.3 is 6.01 Å². The molecule has 2 rings (SSSR count). The number of nitrogens with one attached hydrogen (secondary N) is 1. The minimum Gasteiger partial charge on any atom is -0.467 e. The Morgan fingerprint density at radius 3 is 3.00 bits per heavy atom. The smallest absolute Gasteiger partial charge is 0.322 e. The van der Waals surface area contributed by atoms with Crippen molar-refractivity contribution < 1.29 is 9.84 Å². The van der Waals surface area contributed by atoms with Gasteiger partial charge < -0.3 is 20.9 Å². The lowest BCUT2D eigenvalue weighted by molar-refractivity contribution is 0.192. The van der Waals surface area contributed by atoms with Crippen LogP contribution in [0, 0.1) is 0 Å². The molecule has 18 heavy (non-hydrogen) atoms. The van der Waals surface area contributed by atoms with Gasteiger partial charge in [-0.3, -0.25) is 0 Å². The van der Waals surface area contributed by atoms with Crippen molar-refractivity contribution in [3.05, 3.63) is 22.4 Å². The Morgan fingerprint density at radius 2 is 2.33 bits per heavy atom. The topological polar surface area (TPSA) is 106 Å². The van der Waals surface area contributed by atoms with Crippen LogP contribution in [0.5, 0.6) is 6.01 Å². The summed E-state index contributed by atoms with van der Waals surface area (Å²) in [6, 6.07) is 1.99. The lowest BCUT2D eigenvalue weighted by Gasteiger charge is -2.10. The highest BCUT2D eigenvalue weighted by molar-refractivity contribution is 7.07. The first-order valence-corrected chi connectivity index (χ1v) is 6.13. The fraction of sp³-hybridized carbons (Fsp3) is 0.300. The molecule has 1 atom stereocenters.